The van der Waals surface area contributed by atoms with E-state index >= 15 is 0 Å². The third-order valence-electron chi connectivity index (χ3n) is 2.74. The number of carbonyl (C=O) groups is 1. The molecule has 114 valence electrons. The molecule has 0 N–H and O–H groups in total. The molecule has 0 amide bonds. The van der Waals surface area contributed by atoms with E-state index in [1.165, 1.54) is 24.3 Å². The highest BCUT2D eigenvalue weighted by atomic mass is 16.6. The topological polar surface area (TPSA) is 93.2 Å². The lowest BCUT2D eigenvalue weighted by molar-refractivity contribution is -0.385. The molecule has 6 heteroatoms. The quantitative estimate of drug-likeness (QED) is 0.146. The Morgan fingerprint density at radius 2 is 2.18 bits per heavy atom. The molecule has 0 atom stereocenters. The van der Waals surface area contributed by atoms with Crippen molar-refractivity contribution in [2.75, 3.05) is 6.61 Å². The lowest BCUT2D eigenvalue weighted by Gasteiger charge is -2.01. The molecule has 0 spiro atoms. The second-order valence-electron chi connectivity index (χ2n) is 4.36. The molecule has 0 aliphatic rings. The Morgan fingerprint density at radius 3 is 2.82 bits per heavy atom. The van der Waals surface area contributed by atoms with E-state index in [0.29, 0.717) is 5.56 Å². The van der Waals surface area contributed by atoms with Gasteiger partial charge < -0.3 is 4.74 Å². The van der Waals surface area contributed by atoms with Crippen LogP contribution < -0.4 is 0 Å². The summed E-state index contributed by atoms with van der Waals surface area (Å²) in [7, 11) is 0. The van der Waals surface area contributed by atoms with E-state index in [1.54, 1.807) is 24.3 Å². The van der Waals surface area contributed by atoms with E-state index < -0.39 is 10.9 Å². The molecular weight excluding hydrogens is 284 g/mol. The summed E-state index contributed by atoms with van der Waals surface area (Å²) in [4.78, 5) is 22.0. The number of allylic oxidation sites excluding steroid dienone is 2. The lowest BCUT2D eigenvalue weighted by Crippen LogP contribution is -2.07. The first-order valence-corrected chi connectivity index (χ1v) is 6.79. The summed E-state index contributed by atoms with van der Waals surface area (Å²) in [6.07, 6.45) is 5.79. The van der Waals surface area contributed by atoms with Crippen LogP contribution in [0.2, 0.25) is 0 Å². The molecule has 0 fully saturated rings. The number of rotatable bonds is 7. The van der Waals surface area contributed by atoms with Gasteiger partial charge >= 0.3 is 5.97 Å². The number of nitriles is 1. The third kappa shape index (κ3) is 5.21. The van der Waals surface area contributed by atoms with Gasteiger partial charge in [0.1, 0.15) is 11.6 Å². The highest BCUT2D eigenvalue weighted by Gasteiger charge is 2.10. The lowest BCUT2D eigenvalue weighted by atomic mass is 10.1. The van der Waals surface area contributed by atoms with Crippen LogP contribution in [0.4, 0.5) is 5.69 Å². The molecule has 0 saturated carbocycles. The maximum Gasteiger partial charge on any atom is 0.348 e. The average Bonchev–Trinajstić information content (AvgIpc) is 2.52. The zero-order valence-electron chi connectivity index (χ0n) is 12.2. The molecule has 1 rings (SSSR count). The number of nitrogens with zero attached hydrogens (tertiary/aromatic N) is 2. The SMILES string of the molecule is CCCCOC(=O)/C(C#N)=C/C=C/c1ccccc1[N+](=O)[O-]. The number of hydrogen-bond donors (Lipinski definition) is 0. The highest BCUT2D eigenvalue weighted by molar-refractivity contribution is 5.93. The molecule has 0 aromatic heterocycles. The molecule has 0 saturated heterocycles. The Balaban J connectivity index is 2.82. The zero-order valence-corrected chi connectivity index (χ0v) is 12.2. The van der Waals surface area contributed by atoms with Crippen molar-refractivity contribution in [3.8, 4) is 6.07 Å². The Kier molecular flexibility index (Phi) is 7.06. The van der Waals surface area contributed by atoms with Gasteiger partial charge in [0.05, 0.1) is 17.1 Å². The van der Waals surface area contributed by atoms with Crippen LogP contribution in [0.5, 0.6) is 0 Å². The molecule has 0 unspecified atom stereocenters. The van der Waals surface area contributed by atoms with Crippen molar-refractivity contribution in [2.45, 2.75) is 19.8 Å². The fraction of sp³-hybridized carbons (Fsp3) is 0.250. The summed E-state index contributed by atoms with van der Waals surface area (Å²) >= 11 is 0. The number of para-hydroxylation sites is 1. The van der Waals surface area contributed by atoms with Crippen molar-refractivity contribution in [1.29, 1.82) is 5.26 Å². The third-order valence-corrected chi connectivity index (χ3v) is 2.74. The van der Waals surface area contributed by atoms with Crippen LogP contribution in [0.15, 0.2) is 42.0 Å². The van der Waals surface area contributed by atoms with E-state index in [9.17, 15) is 14.9 Å². The first-order chi connectivity index (χ1) is 10.6. The van der Waals surface area contributed by atoms with Crippen molar-refractivity contribution >= 4 is 17.7 Å². The minimum atomic E-state index is -0.692. The van der Waals surface area contributed by atoms with Crippen molar-refractivity contribution in [3.05, 3.63) is 57.7 Å². The maximum absolute atomic E-state index is 11.6. The number of esters is 1. The standard InChI is InChI=1S/C16H16N2O4/c1-2-3-11-22-16(19)14(12-17)9-6-8-13-7-4-5-10-15(13)18(20)21/h4-10H,2-3,11H2,1H3/b8-6+,14-9+. The van der Waals surface area contributed by atoms with Gasteiger partial charge in [0.2, 0.25) is 0 Å². The van der Waals surface area contributed by atoms with Gasteiger partial charge in [0.25, 0.3) is 5.69 Å². The Morgan fingerprint density at radius 1 is 1.45 bits per heavy atom. The summed E-state index contributed by atoms with van der Waals surface area (Å²) in [6.45, 7) is 2.23. The van der Waals surface area contributed by atoms with Crippen LogP contribution in [0, 0.1) is 21.4 Å². The molecule has 0 radical (unpaired) electrons. The van der Waals surface area contributed by atoms with Crippen LogP contribution in [-0.4, -0.2) is 17.5 Å². The maximum atomic E-state index is 11.6. The highest BCUT2D eigenvalue weighted by Crippen LogP contribution is 2.19. The number of carbonyl (C=O) groups excluding carboxylic acids is 1. The minimum Gasteiger partial charge on any atom is -0.462 e. The summed E-state index contributed by atoms with van der Waals surface area (Å²) in [5.74, 6) is -0.692. The van der Waals surface area contributed by atoms with E-state index in [2.05, 4.69) is 0 Å². The van der Waals surface area contributed by atoms with Gasteiger partial charge in [0.15, 0.2) is 0 Å². The van der Waals surface area contributed by atoms with Crippen LogP contribution in [0.3, 0.4) is 0 Å². The fourth-order valence-electron chi connectivity index (χ4n) is 1.58. The first-order valence-electron chi connectivity index (χ1n) is 6.79. The number of hydrogen-bond acceptors (Lipinski definition) is 5. The normalized spacial score (nSPS) is 11.2. The monoisotopic (exact) mass is 300 g/mol. The zero-order chi connectivity index (χ0) is 16.4. The molecule has 0 aliphatic carbocycles. The summed E-state index contributed by atoms with van der Waals surface area (Å²) in [6, 6.07) is 7.95. The smallest absolute Gasteiger partial charge is 0.348 e. The van der Waals surface area contributed by atoms with Crippen molar-refractivity contribution in [1.82, 2.24) is 0 Å². The van der Waals surface area contributed by atoms with Crippen LogP contribution in [0.25, 0.3) is 6.08 Å². The van der Waals surface area contributed by atoms with Gasteiger partial charge in [-0.25, -0.2) is 4.79 Å². The average molecular weight is 300 g/mol. The summed E-state index contributed by atoms with van der Waals surface area (Å²) in [5.41, 5.74) is 0.197. The fourth-order valence-corrected chi connectivity index (χ4v) is 1.58. The largest absolute Gasteiger partial charge is 0.462 e. The molecule has 1 aromatic rings. The van der Waals surface area contributed by atoms with E-state index in [1.807, 2.05) is 6.92 Å². The molecule has 0 aliphatic heterocycles. The molecular formula is C16H16N2O4. The number of nitro benzene ring substituents is 1. The number of benzene rings is 1. The molecule has 0 bridgehead atoms. The second-order valence-corrected chi connectivity index (χ2v) is 4.36. The predicted molar refractivity (Wildman–Crippen MR) is 81.7 cm³/mol. The Bertz CT molecular complexity index is 642. The van der Waals surface area contributed by atoms with E-state index in [4.69, 9.17) is 10.00 Å². The Labute approximate surface area is 128 Å². The van der Waals surface area contributed by atoms with Crippen molar-refractivity contribution in [3.63, 3.8) is 0 Å². The first kappa shape index (κ1) is 17.1. The van der Waals surface area contributed by atoms with Gasteiger partial charge in [-0.3, -0.25) is 10.1 Å². The van der Waals surface area contributed by atoms with Gasteiger partial charge in [-0.1, -0.05) is 31.6 Å². The van der Waals surface area contributed by atoms with Crippen LogP contribution in [-0.2, 0) is 9.53 Å². The van der Waals surface area contributed by atoms with Crippen LogP contribution >= 0.6 is 0 Å². The van der Waals surface area contributed by atoms with E-state index in [-0.39, 0.29) is 17.9 Å². The minimum absolute atomic E-state index is 0.0452. The predicted octanol–water partition coefficient (Wildman–Crippen LogP) is 3.40. The number of ether oxygens (including phenoxy) is 1. The van der Waals surface area contributed by atoms with Gasteiger partial charge in [-0.2, -0.15) is 5.26 Å². The van der Waals surface area contributed by atoms with Crippen molar-refractivity contribution in [2.24, 2.45) is 0 Å². The van der Waals surface area contributed by atoms with Gasteiger partial charge in [-0.15, -0.1) is 0 Å². The van der Waals surface area contributed by atoms with Crippen molar-refractivity contribution < 1.29 is 14.5 Å². The Hall–Kier alpha value is -2.94. The molecule has 0 heterocycles. The summed E-state index contributed by atoms with van der Waals surface area (Å²) in [5, 5.41) is 19.8. The second kappa shape index (κ2) is 9.08. The number of unbranched alkanes of at least 4 members (excludes halogenated alkanes) is 1. The summed E-state index contributed by atoms with van der Waals surface area (Å²) < 4.78 is 4.93. The van der Waals surface area contributed by atoms with Gasteiger partial charge in [-0.05, 0) is 24.6 Å². The van der Waals surface area contributed by atoms with Crippen LogP contribution in [0.1, 0.15) is 25.3 Å². The van der Waals surface area contributed by atoms with Gasteiger partial charge in [0, 0.05) is 6.07 Å². The molecule has 1 aromatic carbocycles. The molecule has 6 nitrogen and oxygen atoms in total. The van der Waals surface area contributed by atoms with E-state index in [0.717, 1.165) is 12.8 Å². The molecule has 22 heavy (non-hydrogen) atoms. The number of nitro groups is 1.